The minimum atomic E-state index is -0.699. The van der Waals surface area contributed by atoms with E-state index in [9.17, 15) is 13.6 Å². The van der Waals surface area contributed by atoms with Crippen LogP contribution in [-0.4, -0.2) is 11.0 Å². The van der Waals surface area contributed by atoms with Gasteiger partial charge in [-0.05, 0) is 24.3 Å². The molecular weight excluding hydrogens is 320 g/mol. The maximum absolute atomic E-state index is 13.7. The lowest BCUT2D eigenvalue weighted by molar-refractivity contribution is 0.262. The fourth-order valence-corrected chi connectivity index (χ4v) is 2.64. The number of aromatic nitrogens is 1. The number of thiazole rings is 1. The summed E-state index contributed by atoms with van der Waals surface area (Å²) in [6.07, 6.45) is 0. The SMILES string of the molecule is O=C(Nc1ccccc1)Nc1nc(-c2ccc(F)cc2F)cs1. The van der Waals surface area contributed by atoms with E-state index in [0.717, 1.165) is 23.5 Å². The maximum atomic E-state index is 13.7. The van der Waals surface area contributed by atoms with E-state index in [2.05, 4.69) is 15.6 Å². The Balaban J connectivity index is 1.71. The van der Waals surface area contributed by atoms with E-state index in [-0.39, 0.29) is 5.56 Å². The van der Waals surface area contributed by atoms with Crippen LogP contribution in [0, 0.1) is 11.6 Å². The lowest BCUT2D eigenvalue weighted by Crippen LogP contribution is -2.19. The van der Waals surface area contributed by atoms with E-state index in [1.165, 1.54) is 6.07 Å². The largest absolute Gasteiger partial charge is 0.325 e. The Morgan fingerprint density at radius 2 is 1.83 bits per heavy atom. The van der Waals surface area contributed by atoms with E-state index in [4.69, 9.17) is 0 Å². The van der Waals surface area contributed by atoms with Crippen molar-refractivity contribution in [3.05, 3.63) is 65.5 Å². The van der Waals surface area contributed by atoms with E-state index in [1.807, 2.05) is 6.07 Å². The van der Waals surface area contributed by atoms with Crippen molar-refractivity contribution in [2.24, 2.45) is 0 Å². The highest BCUT2D eigenvalue weighted by atomic mass is 32.1. The normalized spacial score (nSPS) is 10.3. The molecule has 2 aromatic carbocycles. The Bertz CT molecular complexity index is 836. The quantitative estimate of drug-likeness (QED) is 0.729. The summed E-state index contributed by atoms with van der Waals surface area (Å²) in [4.78, 5) is 16.0. The second kappa shape index (κ2) is 6.53. The first-order chi connectivity index (χ1) is 11.1. The Labute approximate surface area is 134 Å². The second-order valence-electron chi connectivity index (χ2n) is 4.61. The van der Waals surface area contributed by atoms with Crippen molar-refractivity contribution in [3.8, 4) is 11.3 Å². The Morgan fingerprint density at radius 1 is 1.04 bits per heavy atom. The average Bonchev–Trinajstić information content (AvgIpc) is 2.96. The third-order valence-corrected chi connectivity index (χ3v) is 3.72. The van der Waals surface area contributed by atoms with Gasteiger partial charge in [-0.1, -0.05) is 18.2 Å². The van der Waals surface area contributed by atoms with Gasteiger partial charge < -0.3 is 5.32 Å². The highest BCUT2D eigenvalue weighted by molar-refractivity contribution is 7.14. The third kappa shape index (κ3) is 3.70. The predicted molar refractivity (Wildman–Crippen MR) is 86.5 cm³/mol. The molecule has 116 valence electrons. The molecule has 0 saturated heterocycles. The fourth-order valence-electron chi connectivity index (χ4n) is 1.93. The first kappa shape index (κ1) is 15.1. The van der Waals surface area contributed by atoms with Crippen LogP contribution in [0.4, 0.5) is 24.4 Å². The first-order valence-corrected chi connectivity index (χ1v) is 7.54. The van der Waals surface area contributed by atoms with Crippen LogP contribution in [0.1, 0.15) is 0 Å². The van der Waals surface area contributed by atoms with Crippen LogP contribution in [0.15, 0.2) is 53.9 Å². The lowest BCUT2D eigenvalue weighted by atomic mass is 10.1. The Hall–Kier alpha value is -2.80. The molecule has 2 N–H and O–H groups in total. The smallest absolute Gasteiger partial charge is 0.308 e. The number of anilines is 2. The number of carbonyl (C=O) groups is 1. The molecule has 0 fully saturated rings. The molecule has 0 atom stereocenters. The summed E-state index contributed by atoms with van der Waals surface area (Å²) in [6, 6.07) is 11.8. The van der Waals surface area contributed by atoms with Crippen molar-refractivity contribution in [2.75, 3.05) is 10.6 Å². The van der Waals surface area contributed by atoms with Gasteiger partial charge in [0.1, 0.15) is 11.6 Å². The van der Waals surface area contributed by atoms with Crippen molar-refractivity contribution in [3.63, 3.8) is 0 Å². The number of para-hydroxylation sites is 1. The number of hydrogen-bond acceptors (Lipinski definition) is 3. The summed E-state index contributed by atoms with van der Waals surface area (Å²) in [5.41, 5.74) is 1.16. The van der Waals surface area contributed by atoms with Crippen molar-refractivity contribution < 1.29 is 13.6 Å². The monoisotopic (exact) mass is 331 g/mol. The van der Waals surface area contributed by atoms with Crippen molar-refractivity contribution in [2.45, 2.75) is 0 Å². The molecule has 1 heterocycles. The molecule has 0 saturated carbocycles. The minimum absolute atomic E-state index is 0.180. The topological polar surface area (TPSA) is 54.0 Å². The number of amides is 2. The molecule has 0 radical (unpaired) electrons. The van der Waals surface area contributed by atoms with Gasteiger partial charge in [0.15, 0.2) is 5.13 Å². The summed E-state index contributed by atoms with van der Waals surface area (Å²) in [7, 11) is 0. The summed E-state index contributed by atoms with van der Waals surface area (Å²) in [5, 5.41) is 7.13. The zero-order valence-corrected chi connectivity index (χ0v) is 12.5. The standard InChI is InChI=1S/C16H11F2N3OS/c17-10-6-7-12(13(18)8-10)14-9-23-16(20-14)21-15(22)19-11-4-2-1-3-5-11/h1-9H,(H2,19,20,21,22). The summed E-state index contributed by atoms with van der Waals surface area (Å²) >= 11 is 1.15. The van der Waals surface area contributed by atoms with Gasteiger partial charge in [-0.15, -0.1) is 11.3 Å². The van der Waals surface area contributed by atoms with Crippen LogP contribution in [0.3, 0.4) is 0 Å². The van der Waals surface area contributed by atoms with Crippen LogP contribution in [0.25, 0.3) is 11.3 Å². The first-order valence-electron chi connectivity index (χ1n) is 6.66. The number of nitrogens with zero attached hydrogens (tertiary/aromatic N) is 1. The van der Waals surface area contributed by atoms with Gasteiger partial charge in [0.2, 0.25) is 0 Å². The minimum Gasteiger partial charge on any atom is -0.308 e. The molecule has 7 heteroatoms. The summed E-state index contributed by atoms with van der Waals surface area (Å²) in [6.45, 7) is 0. The van der Waals surface area contributed by atoms with Gasteiger partial charge in [-0.25, -0.2) is 18.6 Å². The zero-order valence-electron chi connectivity index (χ0n) is 11.7. The van der Waals surface area contributed by atoms with E-state index >= 15 is 0 Å². The molecule has 1 aromatic heterocycles. The van der Waals surface area contributed by atoms with Crippen molar-refractivity contribution >= 4 is 28.2 Å². The van der Waals surface area contributed by atoms with E-state index < -0.39 is 17.7 Å². The second-order valence-corrected chi connectivity index (χ2v) is 5.47. The van der Waals surface area contributed by atoms with Gasteiger partial charge in [-0.2, -0.15) is 0 Å². The number of hydrogen-bond donors (Lipinski definition) is 2. The Morgan fingerprint density at radius 3 is 2.57 bits per heavy atom. The van der Waals surface area contributed by atoms with Crippen molar-refractivity contribution in [1.82, 2.24) is 4.98 Å². The molecule has 3 rings (SSSR count). The van der Waals surface area contributed by atoms with Crippen LogP contribution >= 0.6 is 11.3 Å². The molecule has 23 heavy (non-hydrogen) atoms. The van der Waals surface area contributed by atoms with Gasteiger partial charge in [0.25, 0.3) is 0 Å². The van der Waals surface area contributed by atoms with E-state index in [1.54, 1.807) is 29.6 Å². The van der Waals surface area contributed by atoms with Gasteiger partial charge in [0.05, 0.1) is 5.69 Å². The fraction of sp³-hybridized carbons (Fsp3) is 0. The number of benzene rings is 2. The number of halogens is 2. The van der Waals surface area contributed by atoms with Gasteiger partial charge >= 0.3 is 6.03 Å². The molecule has 0 spiro atoms. The molecule has 3 aromatic rings. The highest BCUT2D eigenvalue weighted by Crippen LogP contribution is 2.27. The summed E-state index contributed by atoms with van der Waals surface area (Å²) < 4.78 is 26.6. The van der Waals surface area contributed by atoms with Crippen molar-refractivity contribution in [1.29, 1.82) is 0 Å². The number of nitrogens with one attached hydrogen (secondary N) is 2. The molecule has 0 unspecified atom stereocenters. The molecule has 0 aliphatic rings. The van der Waals surface area contributed by atoms with Gasteiger partial charge in [-0.3, -0.25) is 5.32 Å². The average molecular weight is 331 g/mol. The predicted octanol–water partition coefficient (Wildman–Crippen LogP) is 4.73. The molecule has 0 aliphatic heterocycles. The van der Waals surface area contributed by atoms with Crippen LogP contribution in [0.5, 0.6) is 0 Å². The number of urea groups is 1. The van der Waals surface area contributed by atoms with Crippen LogP contribution in [0.2, 0.25) is 0 Å². The Kier molecular flexibility index (Phi) is 4.29. The highest BCUT2D eigenvalue weighted by Gasteiger charge is 2.12. The molecule has 0 bridgehead atoms. The van der Waals surface area contributed by atoms with Crippen LogP contribution < -0.4 is 10.6 Å². The van der Waals surface area contributed by atoms with Crippen LogP contribution in [-0.2, 0) is 0 Å². The maximum Gasteiger partial charge on any atom is 0.325 e. The number of carbonyl (C=O) groups excluding carboxylic acids is 1. The van der Waals surface area contributed by atoms with E-state index in [0.29, 0.717) is 16.5 Å². The molecule has 4 nitrogen and oxygen atoms in total. The summed E-state index contributed by atoms with van der Waals surface area (Å²) in [5.74, 6) is -1.35. The zero-order chi connectivity index (χ0) is 16.2. The lowest BCUT2D eigenvalue weighted by Gasteiger charge is -2.04. The number of rotatable bonds is 3. The molecular formula is C16H11F2N3OS. The molecule has 2 amide bonds. The van der Waals surface area contributed by atoms with Gasteiger partial charge in [0, 0.05) is 22.7 Å². The third-order valence-electron chi connectivity index (χ3n) is 2.96. The molecule has 0 aliphatic carbocycles.